The van der Waals surface area contributed by atoms with Gasteiger partial charge in [0, 0.05) is 18.4 Å². The zero-order valence-corrected chi connectivity index (χ0v) is 20.8. The van der Waals surface area contributed by atoms with Gasteiger partial charge in [-0.1, -0.05) is 13.3 Å². The van der Waals surface area contributed by atoms with E-state index in [-0.39, 0.29) is 24.7 Å². The molecule has 0 saturated carbocycles. The van der Waals surface area contributed by atoms with Crippen LogP contribution in [0.3, 0.4) is 0 Å². The van der Waals surface area contributed by atoms with Crippen LogP contribution in [0.4, 0.5) is 0 Å². The number of nitrogens with zero attached hydrogens (tertiary/aromatic N) is 3. The molecule has 1 unspecified atom stereocenters. The number of rotatable bonds is 17. The smallest absolute Gasteiger partial charge is 0.290 e. The first-order valence-electron chi connectivity index (χ1n) is 11.1. The van der Waals surface area contributed by atoms with Gasteiger partial charge in [0.25, 0.3) is 5.54 Å². The van der Waals surface area contributed by atoms with Crippen molar-refractivity contribution < 1.29 is 19.1 Å². The number of nitriles is 1. The van der Waals surface area contributed by atoms with Gasteiger partial charge in [0.2, 0.25) is 0 Å². The topological polar surface area (TPSA) is 107 Å². The van der Waals surface area contributed by atoms with Gasteiger partial charge in [-0.3, -0.25) is 10.1 Å². The zero-order chi connectivity index (χ0) is 24.2. The predicted octanol–water partition coefficient (Wildman–Crippen LogP) is 4.97. The second-order valence-electron chi connectivity index (χ2n) is 10.0. The van der Waals surface area contributed by atoms with Crippen molar-refractivity contribution in [3.8, 4) is 6.07 Å². The highest BCUT2D eigenvalue weighted by Gasteiger charge is 2.48. The number of hydrogen-bond donors (Lipinski definition) is 0. The van der Waals surface area contributed by atoms with Crippen LogP contribution in [0.2, 0.25) is 0 Å². The van der Waals surface area contributed by atoms with Gasteiger partial charge in [0.05, 0.1) is 22.9 Å². The van der Waals surface area contributed by atoms with Crippen molar-refractivity contribution in [2.75, 3.05) is 26.9 Å². The highest BCUT2D eigenvalue weighted by Crippen LogP contribution is 2.27. The predicted molar refractivity (Wildman–Crippen MR) is 123 cm³/mol. The number of nitro groups is 1. The molecule has 0 rings (SSSR count). The molecule has 0 heterocycles. The Morgan fingerprint density at radius 2 is 1.39 bits per heavy atom. The third kappa shape index (κ3) is 12.2. The fourth-order valence-electron chi connectivity index (χ4n) is 2.99. The molecule has 0 N–H and O–H groups in total. The lowest BCUT2D eigenvalue weighted by Gasteiger charge is -2.35. The van der Waals surface area contributed by atoms with E-state index in [1.54, 1.807) is 7.05 Å². The average molecular weight is 442 g/mol. The normalized spacial score (nSPS) is 15.1. The molecule has 0 fully saturated rings. The van der Waals surface area contributed by atoms with E-state index in [4.69, 9.17) is 19.5 Å². The first-order valence-corrected chi connectivity index (χ1v) is 11.1. The van der Waals surface area contributed by atoms with Crippen LogP contribution in [0.25, 0.3) is 0 Å². The third-order valence-electron chi connectivity index (χ3n) is 5.33. The van der Waals surface area contributed by atoms with E-state index in [0.717, 1.165) is 19.3 Å². The maximum absolute atomic E-state index is 12.3. The molecule has 0 bridgehead atoms. The summed E-state index contributed by atoms with van der Waals surface area (Å²) in [5.41, 5.74) is -3.26. The molecule has 0 aliphatic carbocycles. The molecule has 0 aromatic heterocycles. The minimum Gasteiger partial charge on any atom is -0.368 e. The van der Waals surface area contributed by atoms with E-state index in [0.29, 0.717) is 19.3 Å². The second kappa shape index (κ2) is 13.1. The Balaban J connectivity index is 5.56. The summed E-state index contributed by atoms with van der Waals surface area (Å²) in [6, 6.07) is 2.10. The average Bonchev–Trinajstić information content (AvgIpc) is 2.66. The summed E-state index contributed by atoms with van der Waals surface area (Å²) in [6.07, 6.45) is 5.74. The zero-order valence-electron chi connectivity index (χ0n) is 20.8. The Bertz CT molecular complexity index is 611. The Morgan fingerprint density at radius 1 is 0.935 bits per heavy atom. The first kappa shape index (κ1) is 29.4. The van der Waals surface area contributed by atoms with E-state index < -0.39 is 22.3 Å². The van der Waals surface area contributed by atoms with E-state index in [1.165, 1.54) is 0 Å². The molecule has 0 aromatic rings. The van der Waals surface area contributed by atoms with Crippen molar-refractivity contribution in [3.63, 3.8) is 0 Å². The van der Waals surface area contributed by atoms with E-state index in [9.17, 15) is 10.1 Å². The molecule has 1 atom stereocenters. The number of ether oxygens (including phenoxy) is 3. The van der Waals surface area contributed by atoms with Crippen LogP contribution < -0.4 is 0 Å². The van der Waals surface area contributed by atoms with Crippen LogP contribution in [0.1, 0.15) is 87.0 Å². The molecule has 0 aliphatic heterocycles. The highest BCUT2D eigenvalue weighted by molar-refractivity contribution is 5.56. The van der Waals surface area contributed by atoms with Gasteiger partial charge >= 0.3 is 0 Å². The van der Waals surface area contributed by atoms with Gasteiger partial charge in [-0.25, -0.2) is 0 Å². The van der Waals surface area contributed by atoms with Crippen molar-refractivity contribution in [3.05, 3.63) is 10.1 Å². The van der Waals surface area contributed by atoms with Gasteiger partial charge < -0.3 is 19.2 Å². The van der Waals surface area contributed by atoms with Gasteiger partial charge in [-0.05, 0) is 73.4 Å². The van der Waals surface area contributed by atoms with Gasteiger partial charge in [-0.2, -0.15) is 5.26 Å². The number of aliphatic imine (C=N–C) groups is 1. The van der Waals surface area contributed by atoms with Gasteiger partial charge in [0.15, 0.2) is 0 Å². The van der Waals surface area contributed by atoms with Crippen molar-refractivity contribution in [2.45, 2.75) is 109 Å². The molecule has 0 radical (unpaired) electrons. The Hall–Kier alpha value is -1.56. The lowest BCUT2D eigenvalue weighted by atomic mass is 9.98. The lowest BCUT2D eigenvalue weighted by molar-refractivity contribution is -0.587. The summed E-state index contributed by atoms with van der Waals surface area (Å²) in [5, 5.41) is 21.2. The molecule has 180 valence electrons. The van der Waals surface area contributed by atoms with Crippen molar-refractivity contribution >= 4 is 6.21 Å². The van der Waals surface area contributed by atoms with Crippen LogP contribution in [-0.2, 0) is 14.2 Å². The standard InChI is InChI=1S/C23H43N3O5/c1-9-12-20(2,3)29-17-23(26(27)28,18-30-21(4,5)13-10-15-24)19-31-22(6,7)14-11-16-25-8/h16H,9-14,17-19H2,1-8H3. The number of hydrogen-bond acceptors (Lipinski definition) is 7. The minimum absolute atomic E-state index is 0.117. The SMILES string of the molecule is CCCC(C)(C)OCC(COC(C)(C)CCC#N)(COC(C)(C)CCC=NC)[N+](=O)[O-]. The van der Waals surface area contributed by atoms with E-state index in [1.807, 2.05) is 47.8 Å². The third-order valence-corrected chi connectivity index (χ3v) is 5.33. The van der Waals surface area contributed by atoms with Crippen molar-refractivity contribution in [1.29, 1.82) is 5.26 Å². The van der Waals surface area contributed by atoms with E-state index in [2.05, 4.69) is 18.0 Å². The molecular weight excluding hydrogens is 398 g/mol. The van der Waals surface area contributed by atoms with Crippen LogP contribution in [-0.4, -0.2) is 60.3 Å². The highest BCUT2D eigenvalue weighted by atomic mass is 16.6. The van der Waals surface area contributed by atoms with Gasteiger partial charge in [0.1, 0.15) is 19.8 Å². The summed E-state index contributed by atoms with van der Waals surface area (Å²) in [5.74, 6) is 0. The Labute approximate surface area is 188 Å². The maximum Gasteiger partial charge on any atom is 0.290 e. The second-order valence-corrected chi connectivity index (χ2v) is 10.0. The largest absolute Gasteiger partial charge is 0.368 e. The lowest BCUT2D eigenvalue weighted by Crippen LogP contribution is -2.55. The molecule has 0 amide bonds. The van der Waals surface area contributed by atoms with Crippen LogP contribution in [0.15, 0.2) is 4.99 Å². The van der Waals surface area contributed by atoms with Crippen molar-refractivity contribution in [1.82, 2.24) is 0 Å². The van der Waals surface area contributed by atoms with Gasteiger partial charge in [-0.15, -0.1) is 0 Å². The minimum atomic E-state index is -1.55. The molecule has 0 aromatic carbocycles. The summed E-state index contributed by atoms with van der Waals surface area (Å²) in [6.45, 7) is 13.0. The van der Waals surface area contributed by atoms with E-state index >= 15 is 0 Å². The fourth-order valence-corrected chi connectivity index (χ4v) is 2.99. The molecule has 0 saturated heterocycles. The molecule has 0 spiro atoms. The molecule has 8 heteroatoms. The molecule has 8 nitrogen and oxygen atoms in total. The summed E-state index contributed by atoms with van der Waals surface area (Å²) >= 11 is 0. The molecule has 31 heavy (non-hydrogen) atoms. The summed E-state index contributed by atoms with van der Waals surface area (Å²) in [4.78, 5) is 15.9. The first-order chi connectivity index (χ1) is 14.2. The van der Waals surface area contributed by atoms with Crippen LogP contribution >= 0.6 is 0 Å². The van der Waals surface area contributed by atoms with Crippen molar-refractivity contribution in [2.24, 2.45) is 4.99 Å². The summed E-state index contributed by atoms with van der Waals surface area (Å²) in [7, 11) is 1.71. The molecular formula is C23H43N3O5. The summed E-state index contributed by atoms with van der Waals surface area (Å²) < 4.78 is 18.1. The van der Waals surface area contributed by atoms with Crippen LogP contribution in [0.5, 0.6) is 0 Å². The maximum atomic E-state index is 12.3. The molecule has 0 aliphatic rings. The quantitative estimate of drug-likeness (QED) is 0.179. The Kier molecular flexibility index (Phi) is 12.4. The Morgan fingerprint density at radius 3 is 1.77 bits per heavy atom. The van der Waals surface area contributed by atoms with Crippen LogP contribution in [0, 0.1) is 21.4 Å². The fraction of sp³-hybridized carbons (Fsp3) is 0.913. The monoisotopic (exact) mass is 441 g/mol.